The van der Waals surface area contributed by atoms with Crippen molar-refractivity contribution in [3.8, 4) is 11.5 Å². The Hall–Kier alpha value is -1.88. The molecule has 0 aliphatic carbocycles. The molecule has 0 fully saturated rings. The van der Waals surface area contributed by atoms with E-state index >= 15 is 0 Å². The fourth-order valence-electron chi connectivity index (χ4n) is 1.80. The van der Waals surface area contributed by atoms with Gasteiger partial charge in [-0.1, -0.05) is 11.8 Å². The van der Waals surface area contributed by atoms with Gasteiger partial charge in [-0.05, 0) is 36.8 Å². The van der Waals surface area contributed by atoms with Crippen LogP contribution >= 0.6 is 11.8 Å². The smallest absolute Gasteiger partial charge is 0.162 e. The monoisotopic (exact) mass is 274 g/mol. The zero-order valence-corrected chi connectivity index (χ0v) is 11.4. The van der Waals surface area contributed by atoms with E-state index in [0.29, 0.717) is 18.9 Å². The first-order valence-corrected chi connectivity index (χ1v) is 6.83. The number of aryl methyl sites for hydroxylation is 1. The molecule has 3 rings (SSSR count). The zero-order chi connectivity index (χ0) is 13.2. The van der Waals surface area contributed by atoms with E-state index in [9.17, 15) is 0 Å². The summed E-state index contributed by atoms with van der Waals surface area (Å²) in [5.74, 6) is 1.60. The number of nitrogen functional groups attached to an aromatic ring is 1. The van der Waals surface area contributed by atoms with Crippen LogP contribution in [0.15, 0.2) is 40.4 Å². The molecule has 2 aromatic rings. The molecule has 0 saturated carbocycles. The average molecular weight is 274 g/mol. The molecular formula is C14H14N2O2S. The number of hydrogen-bond acceptors (Lipinski definition) is 5. The van der Waals surface area contributed by atoms with Gasteiger partial charge in [0.25, 0.3) is 0 Å². The van der Waals surface area contributed by atoms with E-state index in [4.69, 9.17) is 15.2 Å². The summed E-state index contributed by atoms with van der Waals surface area (Å²) in [5, 5.41) is 0.920. The first kappa shape index (κ1) is 12.2. The number of anilines is 1. The molecule has 1 aromatic carbocycles. The molecule has 5 heteroatoms. The Morgan fingerprint density at radius 1 is 1.16 bits per heavy atom. The molecule has 0 radical (unpaired) electrons. The highest BCUT2D eigenvalue weighted by molar-refractivity contribution is 7.99. The van der Waals surface area contributed by atoms with Crippen molar-refractivity contribution in [2.45, 2.75) is 16.8 Å². The lowest BCUT2D eigenvalue weighted by Crippen LogP contribution is -2.15. The minimum absolute atomic E-state index is 0.598. The molecule has 4 nitrogen and oxygen atoms in total. The van der Waals surface area contributed by atoms with Gasteiger partial charge in [0.1, 0.15) is 18.2 Å². The van der Waals surface area contributed by atoms with Crippen molar-refractivity contribution in [1.29, 1.82) is 0 Å². The van der Waals surface area contributed by atoms with Crippen molar-refractivity contribution < 1.29 is 9.47 Å². The van der Waals surface area contributed by atoms with Crippen LogP contribution < -0.4 is 15.2 Å². The Labute approximate surface area is 115 Å². The van der Waals surface area contributed by atoms with Crippen molar-refractivity contribution >= 4 is 17.4 Å². The summed E-state index contributed by atoms with van der Waals surface area (Å²) < 4.78 is 11.1. The first-order chi connectivity index (χ1) is 9.22. The maximum atomic E-state index is 5.76. The molecule has 2 heterocycles. The zero-order valence-electron chi connectivity index (χ0n) is 10.6. The minimum atomic E-state index is 0.598. The summed E-state index contributed by atoms with van der Waals surface area (Å²) in [6, 6.07) is 7.90. The lowest BCUT2D eigenvalue weighted by atomic mass is 10.3. The number of nitrogens with zero attached hydrogens (tertiary/aromatic N) is 1. The number of aromatic nitrogens is 1. The third-order valence-electron chi connectivity index (χ3n) is 2.86. The van der Waals surface area contributed by atoms with Crippen LogP contribution in [0.2, 0.25) is 0 Å². The highest BCUT2D eigenvalue weighted by Crippen LogP contribution is 2.36. The molecule has 1 aliphatic heterocycles. The summed E-state index contributed by atoms with van der Waals surface area (Å²) >= 11 is 1.58. The fourth-order valence-corrected chi connectivity index (χ4v) is 2.69. The Balaban J connectivity index is 1.84. The van der Waals surface area contributed by atoms with E-state index in [1.54, 1.807) is 18.0 Å². The van der Waals surface area contributed by atoms with Gasteiger partial charge in [0, 0.05) is 4.90 Å². The number of fused-ring (bicyclic) bond motifs is 1. The molecule has 0 atom stereocenters. The van der Waals surface area contributed by atoms with E-state index in [2.05, 4.69) is 4.98 Å². The van der Waals surface area contributed by atoms with Crippen LogP contribution in [0.5, 0.6) is 11.5 Å². The average Bonchev–Trinajstić information content (AvgIpc) is 2.43. The van der Waals surface area contributed by atoms with Gasteiger partial charge in [-0.2, -0.15) is 0 Å². The second kappa shape index (κ2) is 5.01. The lowest BCUT2D eigenvalue weighted by Gasteiger charge is -2.18. The Bertz CT molecular complexity index is 616. The minimum Gasteiger partial charge on any atom is -0.486 e. The molecule has 1 aliphatic rings. The molecule has 19 heavy (non-hydrogen) atoms. The second-order valence-electron chi connectivity index (χ2n) is 4.29. The van der Waals surface area contributed by atoms with Crippen molar-refractivity contribution in [2.75, 3.05) is 18.9 Å². The van der Waals surface area contributed by atoms with Crippen LogP contribution in [-0.2, 0) is 0 Å². The normalized spacial score (nSPS) is 13.3. The van der Waals surface area contributed by atoms with Crippen molar-refractivity contribution in [2.24, 2.45) is 0 Å². The van der Waals surface area contributed by atoms with Crippen LogP contribution in [0, 0.1) is 6.92 Å². The predicted octanol–water partition coefficient (Wildman–Crippen LogP) is 2.89. The molecular weight excluding hydrogens is 260 g/mol. The molecule has 0 spiro atoms. The molecule has 0 bridgehead atoms. The molecule has 1 aromatic heterocycles. The number of rotatable bonds is 2. The summed E-state index contributed by atoms with van der Waals surface area (Å²) in [4.78, 5) is 5.38. The third kappa shape index (κ3) is 2.61. The van der Waals surface area contributed by atoms with Gasteiger partial charge in [0.05, 0.1) is 11.9 Å². The highest BCUT2D eigenvalue weighted by atomic mass is 32.2. The molecule has 98 valence electrons. The summed E-state index contributed by atoms with van der Waals surface area (Å²) in [6.07, 6.45) is 1.69. The van der Waals surface area contributed by atoms with Gasteiger partial charge >= 0.3 is 0 Å². The Kier molecular flexibility index (Phi) is 3.21. The number of hydrogen-bond donors (Lipinski definition) is 1. The van der Waals surface area contributed by atoms with Crippen LogP contribution in [0.3, 0.4) is 0 Å². The maximum absolute atomic E-state index is 5.76. The number of benzene rings is 1. The van der Waals surface area contributed by atoms with Crippen LogP contribution in [-0.4, -0.2) is 18.2 Å². The largest absolute Gasteiger partial charge is 0.486 e. The number of pyridine rings is 1. The van der Waals surface area contributed by atoms with Gasteiger partial charge in [-0.3, -0.25) is 0 Å². The Morgan fingerprint density at radius 2 is 1.95 bits per heavy atom. The maximum Gasteiger partial charge on any atom is 0.162 e. The first-order valence-electron chi connectivity index (χ1n) is 6.02. The molecule has 2 N–H and O–H groups in total. The number of ether oxygens (including phenoxy) is 2. The fraction of sp³-hybridized carbons (Fsp3) is 0.214. The standard InChI is InChI=1S/C14H14N2O2S/c1-9-6-14(16-8-11(9)15)19-10-2-3-12-13(7-10)18-5-4-17-12/h2-3,6-8H,4-5,15H2,1H3. The van der Waals surface area contributed by atoms with Crippen LogP contribution in [0.25, 0.3) is 0 Å². The predicted molar refractivity (Wildman–Crippen MR) is 74.9 cm³/mol. The third-order valence-corrected chi connectivity index (χ3v) is 3.78. The van der Waals surface area contributed by atoms with Gasteiger partial charge in [-0.25, -0.2) is 4.98 Å². The van der Waals surface area contributed by atoms with E-state index in [1.165, 1.54) is 0 Å². The van der Waals surface area contributed by atoms with Crippen molar-refractivity contribution in [3.63, 3.8) is 0 Å². The topological polar surface area (TPSA) is 57.4 Å². The molecule has 0 saturated heterocycles. The number of nitrogens with two attached hydrogens (primary N) is 1. The highest BCUT2D eigenvalue weighted by Gasteiger charge is 2.12. The summed E-state index contributed by atoms with van der Waals surface area (Å²) in [5.41, 5.74) is 7.52. The second-order valence-corrected chi connectivity index (χ2v) is 5.38. The molecule has 0 unspecified atom stereocenters. The SMILES string of the molecule is Cc1cc(Sc2ccc3c(c2)OCCO3)ncc1N. The van der Waals surface area contributed by atoms with E-state index in [-0.39, 0.29) is 0 Å². The van der Waals surface area contributed by atoms with Crippen molar-refractivity contribution in [3.05, 3.63) is 36.0 Å². The summed E-state index contributed by atoms with van der Waals surface area (Å²) in [7, 11) is 0. The Morgan fingerprint density at radius 3 is 2.74 bits per heavy atom. The lowest BCUT2D eigenvalue weighted by molar-refractivity contribution is 0.171. The quantitative estimate of drug-likeness (QED) is 0.912. The molecule has 0 amide bonds. The van der Waals surface area contributed by atoms with E-state index < -0.39 is 0 Å². The summed E-state index contributed by atoms with van der Waals surface area (Å²) in [6.45, 7) is 3.18. The van der Waals surface area contributed by atoms with Gasteiger partial charge < -0.3 is 15.2 Å². The van der Waals surface area contributed by atoms with Crippen molar-refractivity contribution in [1.82, 2.24) is 4.98 Å². The van der Waals surface area contributed by atoms with Gasteiger partial charge in [-0.15, -0.1) is 0 Å². The van der Waals surface area contributed by atoms with E-state index in [0.717, 1.165) is 27.0 Å². The van der Waals surface area contributed by atoms with Crippen LogP contribution in [0.4, 0.5) is 5.69 Å². The van der Waals surface area contributed by atoms with Gasteiger partial charge in [0.2, 0.25) is 0 Å². The van der Waals surface area contributed by atoms with Gasteiger partial charge in [0.15, 0.2) is 11.5 Å². The van der Waals surface area contributed by atoms with E-state index in [1.807, 2.05) is 31.2 Å². The van der Waals surface area contributed by atoms with Crippen LogP contribution in [0.1, 0.15) is 5.56 Å².